The second-order valence-electron chi connectivity index (χ2n) is 4.94. The molecule has 0 aliphatic rings. The van der Waals surface area contributed by atoms with Crippen molar-refractivity contribution < 1.29 is 5.11 Å². The predicted molar refractivity (Wildman–Crippen MR) is 77.0 cm³/mol. The van der Waals surface area contributed by atoms with Gasteiger partial charge in [0.2, 0.25) is 0 Å². The Kier molecular flexibility index (Phi) is 5.16. The van der Waals surface area contributed by atoms with Crippen LogP contribution < -0.4 is 0 Å². The van der Waals surface area contributed by atoms with Gasteiger partial charge in [0.05, 0.1) is 12.3 Å². The zero-order chi connectivity index (χ0) is 13.5. The van der Waals surface area contributed by atoms with E-state index in [0.29, 0.717) is 6.42 Å². The molecule has 0 saturated carbocycles. The summed E-state index contributed by atoms with van der Waals surface area (Å²) in [5, 5.41) is 14.2. The summed E-state index contributed by atoms with van der Waals surface area (Å²) in [6.07, 6.45) is 7.20. The van der Waals surface area contributed by atoms with Gasteiger partial charge in [0.15, 0.2) is 0 Å². The summed E-state index contributed by atoms with van der Waals surface area (Å²) in [5.74, 6) is 0. The Labute approximate surface area is 114 Å². The lowest BCUT2D eigenvalue weighted by molar-refractivity contribution is 0.162. The van der Waals surface area contributed by atoms with E-state index in [1.165, 1.54) is 5.56 Å². The van der Waals surface area contributed by atoms with Gasteiger partial charge in [0, 0.05) is 19.2 Å². The lowest BCUT2D eigenvalue weighted by Gasteiger charge is -2.09. The van der Waals surface area contributed by atoms with Crippen LogP contribution >= 0.6 is 0 Å². The van der Waals surface area contributed by atoms with Crippen molar-refractivity contribution in [2.45, 2.75) is 45.3 Å². The van der Waals surface area contributed by atoms with Crippen LogP contribution in [-0.2, 0) is 19.4 Å². The van der Waals surface area contributed by atoms with Gasteiger partial charge in [-0.3, -0.25) is 4.68 Å². The third-order valence-electron chi connectivity index (χ3n) is 3.33. The average molecular weight is 258 g/mol. The molecule has 102 valence electrons. The van der Waals surface area contributed by atoms with Crippen LogP contribution in [0.3, 0.4) is 0 Å². The number of aryl methyl sites for hydroxylation is 2. The second-order valence-corrected chi connectivity index (χ2v) is 4.94. The van der Waals surface area contributed by atoms with Gasteiger partial charge in [-0.1, -0.05) is 30.3 Å². The number of aliphatic hydroxyl groups is 1. The molecule has 1 unspecified atom stereocenters. The number of hydrogen-bond donors (Lipinski definition) is 1. The molecule has 1 aromatic carbocycles. The quantitative estimate of drug-likeness (QED) is 0.829. The topological polar surface area (TPSA) is 38.0 Å². The Morgan fingerprint density at radius 2 is 2.00 bits per heavy atom. The maximum absolute atomic E-state index is 10.0. The number of hydrogen-bond acceptors (Lipinski definition) is 2. The van der Waals surface area contributed by atoms with Crippen molar-refractivity contribution >= 4 is 0 Å². The zero-order valence-corrected chi connectivity index (χ0v) is 11.5. The molecule has 3 heteroatoms. The summed E-state index contributed by atoms with van der Waals surface area (Å²) in [6, 6.07) is 10.4. The standard InChI is InChI=1S/C16H22N2O/c1-2-18-13-15(12-17-18)11-16(19)10-6-9-14-7-4-3-5-8-14/h3-5,7-8,12-13,16,19H,2,6,9-11H2,1H3. The molecule has 1 N–H and O–H groups in total. The normalized spacial score (nSPS) is 12.5. The van der Waals surface area contributed by atoms with Gasteiger partial charge in [-0.15, -0.1) is 0 Å². The van der Waals surface area contributed by atoms with Gasteiger partial charge in [-0.2, -0.15) is 5.10 Å². The molecule has 19 heavy (non-hydrogen) atoms. The van der Waals surface area contributed by atoms with Crippen LogP contribution in [0.1, 0.15) is 30.9 Å². The third kappa shape index (κ3) is 4.52. The molecular formula is C16H22N2O. The molecule has 2 rings (SSSR count). The number of nitrogens with zero attached hydrogens (tertiary/aromatic N) is 2. The molecule has 2 aromatic rings. The summed E-state index contributed by atoms with van der Waals surface area (Å²) in [4.78, 5) is 0. The van der Waals surface area contributed by atoms with E-state index in [1.807, 2.05) is 23.1 Å². The minimum absolute atomic E-state index is 0.266. The molecule has 1 heterocycles. The summed E-state index contributed by atoms with van der Waals surface area (Å²) < 4.78 is 1.89. The van der Waals surface area contributed by atoms with Crippen LogP contribution in [0.2, 0.25) is 0 Å². The highest BCUT2D eigenvalue weighted by Crippen LogP contribution is 2.10. The van der Waals surface area contributed by atoms with E-state index in [1.54, 1.807) is 0 Å². The van der Waals surface area contributed by atoms with Crippen LogP contribution in [-0.4, -0.2) is 21.0 Å². The maximum Gasteiger partial charge on any atom is 0.0581 e. The number of aliphatic hydroxyl groups excluding tert-OH is 1. The highest BCUT2D eigenvalue weighted by atomic mass is 16.3. The molecule has 0 aliphatic heterocycles. The van der Waals surface area contributed by atoms with E-state index in [2.05, 4.69) is 36.3 Å². The lowest BCUT2D eigenvalue weighted by atomic mass is 10.0. The average Bonchev–Trinajstić information content (AvgIpc) is 2.87. The van der Waals surface area contributed by atoms with Gasteiger partial charge in [0.1, 0.15) is 0 Å². The molecule has 0 fully saturated rings. The van der Waals surface area contributed by atoms with Crippen molar-refractivity contribution in [3.63, 3.8) is 0 Å². The molecule has 0 amide bonds. The van der Waals surface area contributed by atoms with Crippen molar-refractivity contribution in [3.05, 3.63) is 53.9 Å². The summed E-state index contributed by atoms with van der Waals surface area (Å²) >= 11 is 0. The Hall–Kier alpha value is -1.61. The Morgan fingerprint density at radius 3 is 2.68 bits per heavy atom. The zero-order valence-electron chi connectivity index (χ0n) is 11.5. The van der Waals surface area contributed by atoms with Crippen LogP contribution in [0, 0.1) is 0 Å². The van der Waals surface area contributed by atoms with E-state index in [4.69, 9.17) is 0 Å². The van der Waals surface area contributed by atoms with Crippen molar-refractivity contribution in [1.82, 2.24) is 9.78 Å². The number of benzene rings is 1. The SMILES string of the molecule is CCn1cc(CC(O)CCCc2ccccc2)cn1. The Balaban J connectivity index is 1.71. The van der Waals surface area contributed by atoms with Crippen molar-refractivity contribution in [2.75, 3.05) is 0 Å². The predicted octanol–water partition coefficient (Wildman–Crippen LogP) is 2.83. The molecule has 0 bridgehead atoms. The summed E-state index contributed by atoms with van der Waals surface area (Å²) in [6.45, 7) is 2.94. The number of aromatic nitrogens is 2. The minimum atomic E-state index is -0.266. The molecule has 1 aromatic heterocycles. The molecular weight excluding hydrogens is 236 g/mol. The van der Waals surface area contributed by atoms with Gasteiger partial charge >= 0.3 is 0 Å². The molecule has 0 radical (unpaired) electrons. The first-order valence-electron chi connectivity index (χ1n) is 7.01. The van der Waals surface area contributed by atoms with E-state index >= 15 is 0 Å². The summed E-state index contributed by atoms with van der Waals surface area (Å²) in [5.41, 5.74) is 2.46. The van der Waals surface area contributed by atoms with Crippen LogP contribution in [0.15, 0.2) is 42.7 Å². The molecule has 0 saturated heterocycles. The molecule has 0 spiro atoms. The second kappa shape index (κ2) is 7.10. The van der Waals surface area contributed by atoms with Crippen LogP contribution in [0.4, 0.5) is 0 Å². The van der Waals surface area contributed by atoms with Crippen LogP contribution in [0.5, 0.6) is 0 Å². The highest BCUT2D eigenvalue weighted by Gasteiger charge is 2.07. The lowest BCUT2D eigenvalue weighted by Crippen LogP contribution is -2.10. The molecule has 3 nitrogen and oxygen atoms in total. The fraction of sp³-hybridized carbons (Fsp3) is 0.438. The Morgan fingerprint density at radius 1 is 1.21 bits per heavy atom. The van der Waals surface area contributed by atoms with E-state index < -0.39 is 0 Å². The fourth-order valence-electron chi connectivity index (χ4n) is 2.25. The van der Waals surface area contributed by atoms with Gasteiger partial charge in [-0.25, -0.2) is 0 Å². The smallest absolute Gasteiger partial charge is 0.0581 e. The first-order chi connectivity index (χ1) is 9.28. The molecule has 1 atom stereocenters. The van der Waals surface area contributed by atoms with E-state index in [0.717, 1.165) is 31.4 Å². The highest BCUT2D eigenvalue weighted by molar-refractivity contribution is 5.14. The van der Waals surface area contributed by atoms with Gasteiger partial charge in [-0.05, 0) is 37.3 Å². The van der Waals surface area contributed by atoms with Crippen molar-refractivity contribution in [3.8, 4) is 0 Å². The monoisotopic (exact) mass is 258 g/mol. The van der Waals surface area contributed by atoms with Crippen molar-refractivity contribution in [2.24, 2.45) is 0 Å². The van der Waals surface area contributed by atoms with Crippen molar-refractivity contribution in [1.29, 1.82) is 0 Å². The maximum atomic E-state index is 10.0. The summed E-state index contributed by atoms with van der Waals surface area (Å²) in [7, 11) is 0. The Bertz CT molecular complexity index is 479. The van der Waals surface area contributed by atoms with E-state index in [9.17, 15) is 5.11 Å². The van der Waals surface area contributed by atoms with Gasteiger partial charge in [0.25, 0.3) is 0 Å². The van der Waals surface area contributed by atoms with Gasteiger partial charge < -0.3 is 5.11 Å². The third-order valence-corrected chi connectivity index (χ3v) is 3.33. The minimum Gasteiger partial charge on any atom is -0.393 e. The first kappa shape index (κ1) is 13.8. The van der Waals surface area contributed by atoms with Crippen LogP contribution in [0.25, 0.3) is 0 Å². The first-order valence-corrected chi connectivity index (χ1v) is 7.01. The largest absolute Gasteiger partial charge is 0.393 e. The number of rotatable bonds is 7. The van der Waals surface area contributed by atoms with E-state index in [-0.39, 0.29) is 6.10 Å². The molecule has 0 aliphatic carbocycles. The fourth-order valence-corrected chi connectivity index (χ4v) is 2.25.